The fourth-order valence-electron chi connectivity index (χ4n) is 0.952. The Morgan fingerprint density at radius 2 is 1.88 bits per heavy atom. The Morgan fingerprint density at radius 1 is 1.25 bits per heavy atom. The lowest BCUT2D eigenvalue weighted by molar-refractivity contribution is 1.41. The van der Waals surface area contributed by atoms with Gasteiger partial charge in [-0.25, -0.2) is 6.07 Å². The molecule has 0 heterocycles. The molecule has 0 atom stereocenters. The first kappa shape index (κ1) is 5.49. The zero-order valence-electron chi connectivity index (χ0n) is 5.65. The molecule has 0 nitrogen and oxygen atoms in total. The molecule has 0 N–H and O–H groups in total. The first-order valence-electron chi connectivity index (χ1n) is 2.90. The largest absolute Gasteiger partial charge is 0.208 e. The van der Waals surface area contributed by atoms with Gasteiger partial charge in [-0.2, -0.15) is 22.8 Å². The van der Waals surface area contributed by atoms with Gasteiger partial charge in [-0.1, -0.05) is 20.8 Å². The number of hydrogen-bond donors (Lipinski definition) is 0. The van der Waals surface area contributed by atoms with Crippen molar-refractivity contribution in [2.24, 2.45) is 0 Å². The highest BCUT2D eigenvalue weighted by Crippen LogP contribution is 2.10. The Kier molecular flexibility index (Phi) is 1.16. The van der Waals surface area contributed by atoms with Crippen molar-refractivity contribution in [2.45, 2.75) is 20.8 Å². The summed E-state index contributed by atoms with van der Waals surface area (Å²) in [5.74, 6) is 0. The topological polar surface area (TPSA) is 0 Å². The number of aryl methyl sites for hydroxylation is 3. The summed E-state index contributed by atoms with van der Waals surface area (Å²) in [7, 11) is 0. The molecular weight excluding hydrogens is 96.1 g/mol. The minimum absolute atomic E-state index is 1.38. The number of hydrogen-bond acceptors (Lipinski definition) is 0. The Hall–Kier alpha value is -0.650. The van der Waals surface area contributed by atoms with E-state index in [9.17, 15) is 0 Å². The third-order valence-corrected chi connectivity index (χ3v) is 1.51. The van der Waals surface area contributed by atoms with Crippen molar-refractivity contribution in [3.8, 4) is 0 Å². The molecule has 0 amide bonds. The number of rotatable bonds is 0. The molecule has 44 valence electrons. The van der Waals surface area contributed by atoms with E-state index in [-0.39, 0.29) is 0 Å². The van der Waals surface area contributed by atoms with Crippen molar-refractivity contribution < 1.29 is 0 Å². The van der Waals surface area contributed by atoms with Crippen molar-refractivity contribution in [2.75, 3.05) is 0 Å². The molecule has 0 spiro atoms. The van der Waals surface area contributed by atoms with E-state index in [1.54, 1.807) is 0 Å². The lowest BCUT2D eigenvalue weighted by atomic mass is 10.2. The molecule has 0 aliphatic rings. The molecule has 0 aromatic heterocycles. The van der Waals surface area contributed by atoms with Crippen LogP contribution in [0.4, 0.5) is 0 Å². The van der Waals surface area contributed by atoms with Crippen LogP contribution in [-0.2, 0) is 0 Å². The van der Waals surface area contributed by atoms with Crippen LogP contribution in [0, 0.1) is 20.8 Å². The van der Waals surface area contributed by atoms with Gasteiger partial charge < -0.3 is 0 Å². The molecule has 0 heteroatoms. The molecule has 0 saturated carbocycles. The van der Waals surface area contributed by atoms with Crippen LogP contribution in [0.5, 0.6) is 0 Å². The molecule has 0 unspecified atom stereocenters. The van der Waals surface area contributed by atoms with Crippen molar-refractivity contribution in [3.63, 3.8) is 0 Å². The minimum atomic E-state index is 1.38. The second kappa shape index (κ2) is 1.70. The van der Waals surface area contributed by atoms with E-state index in [1.165, 1.54) is 16.7 Å². The summed E-state index contributed by atoms with van der Waals surface area (Å²) in [5, 5.41) is 0. The Labute approximate surface area is 50.5 Å². The maximum atomic E-state index is 2.20. The zero-order valence-corrected chi connectivity index (χ0v) is 5.65. The lowest BCUT2D eigenvalue weighted by Crippen LogP contribution is -1.63. The van der Waals surface area contributed by atoms with Crippen molar-refractivity contribution >= 4 is 0 Å². The van der Waals surface area contributed by atoms with Gasteiger partial charge in [0.25, 0.3) is 0 Å². The van der Waals surface area contributed by atoms with Gasteiger partial charge in [-0.3, -0.25) is 0 Å². The van der Waals surface area contributed by atoms with Crippen LogP contribution >= 0.6 is 0 Å². The van der Waals surface area contributed by atoms with Crippen LogP contribution in [0.25, 0.3) is 0 Å². The van der Waals surface area contributed by atoms with Crippen LogP contribution in [0.3, 0.4) is 0 Å². The monoisotopic (exact) mass is 107 g/mol. The average Bonchev–Trinajstić information content (AvgIpc) is 1.85. The molecule has 0 bridgehead atoms. The Balaban J connectivity index is 3.14. The second-order valence-corrected chi connectivity index (χ2v) is 2.40. The SMILES string of the molecule is Cc1cc(C)c(C)[cH-]1. The summed E-state index contributed by atoms with van der Waals surface area (Å²) < 4.78 is 0. The summed E-state index contributed by atoms with van der Waals surface area (Å²) in [4.78, 5) is 0. The third-order valence-electron chi connectivity index (χ3n) is 1.51. The van der Waals surface area contributed by atoms with Gasteiger partial charge >= 0.3 is 0 Å². The van der Waals surface area contributed by atoms with Gasteiger partial charge in [-0.05, 0) is 0 Å². The quantitative estimate of drug-likeness (QED) is 0.446. The van der Waals surface area contributed by atoms with E-state index in [2.05, 4.69) is 32.9 Å². The summed E-state index contributed by atoms with van der Waals surface area (Å²) in [6.07, 6.45) is 0. The normalized spacial score (nSPS) is 9.88. The van der Waals surface area contributed by atoms with Gasteiger partial charge in [-0.15, -0.1) is 0 Å². The van der Waals surface area contributed by atoms with Crippen molar-refractivity contribution in [1.29, 1.82) is 0 Å². The second-order valence-electron chi connectivity index (χ2n) is 2.40. The molecule has 0 fully saturated rings. The molecule has 0 saturated heterocycles. The first-order valence-corrected chi connectivity index (χ1v) is 2.90. The molecule has 0 aliphatic heterocycles. The van der Waals surface area contributed by atoms with E-state index in [1.807, 2.05) is 0 Å². The molecule has 0 radical (unpaired) electrons. The van der Waals surface area contributed by atoms with E-state index < -0.39 is 0 Å². The lowest BCUT2D eigenvalue weighted by Gasteiger charge is -1.93. The summed E-state index contributed by atoms with van der Waals surface area (Å²) >= 11 is 0. The Morgan fingerprint density at radius 3 is 2.00 bits per heavy atom. The molecule has 1 rings (SSSR count). The van der Waals surface area contributed by atoms with Crippen LogP contribution in [0.15, 0.2) is 12.1 Å². The van der Waals surface area contributed by atoms with Gasteiger partial charge in [0.1, 0.15) is 0 Å². The smallest absolute Gasteiger partial charge is 0.0632 e. The van der Waals surface area contributed by atoms with Gasteiger partial charge in [0.05, 0.1) is 0 Å². The van der Waals surface area contributed by atoms with E-state index in [0.717, 1.165) is 0 Å². The maximum Gasteiger partial charge on any atom is -0.0632 e. The standard InChI is InChI=1S/C8H11/c1-6-4-7(2)8(3)5-6/h4-5H,1-3H3/q-1. The molecule has 0 aliphatic carbocycles. The van der Waals surface area contributed by atoms with Gasteiger partial charge in [0.2, 0.25) is 0 Å². The third kappa shape index (κ3) is 0.786. The van der Waals surface area contributed by atoms with E-state index >= 15 is 0 Å². The minimum Gasteiger partial charge on any atom is -0.208 e. The maximum absolute atomic E-state index is 2.20. The van der Waals surface area contributed by atoms with Crippen LogP contribution < -0.4 is 0 Å². The van der Waals surface area contributed by atoms with Crippen LogP contribution in [-0.4, -0.2) is 0 Å². The Bertz CT molecular complexity index is 162. The van der Waals surface area contributed by atoms with Crippen LogP contribution in [0.1, 0.15) is 16.7 Å². The molecular formula is C8H11-. The molecule has 8 heavy (non-hydrogen) atoms. The van der Waals surface area contributed by atoms with Gasteiger partial charge in [0.15, 0.2) is 0 Å². The molecule has 1 aromatic carbocycles. The highest BCUT2D eigenvalue weighted by Gasteiger charge is 1.80. The summed E-state index contributed by atoms with van der Waals surface area (Å²) in [6.45, 7) is 6.41. The van der Waals surface area contributed by atoms with Crippen molar-refractivity contribution in [1.82, 2.24) is 0 Å². The predicted octanol–water partition coefficient (Wildman–Crippen LogP) is 2.33. The van der Waals surface area contributed by atoms with Crippen molar-refractivity contribution in [3.05, 3.63) is 28.8 Å². The zero-order chi connectivity index (χ0) is 6.15. The summed E-state index contributed by atoms with van der Waals surface area (Å²) in [5.41, 5.74) is 4.19. The molecule has 1 aromatic rings. The van der Waals surface area contributed by atoms with Gasteiger partial charge in [0, 0.05) is 0 Å². The fraction of sp³-hybridized carbons (Fsp3) is 0.375. The first-order chi connectivity index (χ1) is 3.70. The average molecular weight is 107 g/mol. The van der Waals surface area contributed by atoms with E-state index in [4.69, 9.17) is 0 Å². The predicted molar refractivity (Wildman–Crippen MR) is 36.2 cm³/mol. The highest BCUT2D eigenvalue weighted by molar-refractivity contribution is 5.32. The summed E-state index contributed by atoms with van der Waals surface area (Å²) in [6, 6.07) is 4.41. The fourth-order valence-corrected chi connectivity index (χ4v) is 0.952. The highest BCUT2D eigenvalue weighted by atomic mass is 14.0. The van der Waals surface area contributed by atoms with Crippen LogP contribution in [0.2, 0.25) is 0 Å². The van der Waals surface area contributed by atoms with E-state index in [0.29, 0.717) is 0 Å².